The zero-order chi connectivity index (χ0) is 7.40. The second-order valence-electron chi connectivity index (χ2n) is 2.09. The van der Waals surface area contributed by atoms with Crippen LogP contribution < -0.4 is 10.3 Å². The molecule has 1 rings (SSSR count). The molecule has 0 saturated heterocycles. The third kappa shape index (κ3) is 2.01. The molecular weight excluding hydrogens is 144 g/mol. The molecule has 1 aromatic heterocycles. The number of rotatable bonds is 2. The fourth-order valence-electron chi connectivity index (χ4n) is 0.796. The first kappa shape index (κ1) is 7.57. The minimum atomic E-state index is 0.669. The molecule has 0 aliphatic rings. The summed E-state index contributed by atoms with van der Waals surface area (Å²) in [5, 5.41) is 0. The Kier molecular flexibility index (Phi) is 2.71. The van der Waals surface area contributed by atoms with Gasteiger partial charge in [0.1, 0.15) is 0 Å². The van der Waals surface area contributed by atoms with Gasteiger partial charge in [-0.15, -0.1) is 12.6 Å². The van der Waals surface area contributed by atoms with E-state index in [0.717, 1.165) is 11.4 Å². The number of pyridine rings is 1. The Morgan fingerprint density at radius 2 is 2.40 bits per heavy atom. The molecular formula is C7H11N2S+. The van der Waals surface area contributed by atoms with E-state index in [9.17, 15) is 0 Å². The molecule has 54 valence electrons. The summed E-state index contributed by atoms with van der Waals surface area (Å²) in [6, 6.07) is 3.90. The lowest BCUT2D eigenvalue weighted by Gasteiger charge is -1.92. The van der Waals surface area contributed by atoms with Crippen LogP contribution in [-0.2, 0) is 6.54 Å². The van der Waals surface area contributed by atoms with Gasteiger partial charge in [0.15, 0.2) is 18.9 Å². The maximum atomic E-state index is 5.36. The van der Waals surface area contributed by atoms with Crippen LogP contribution in [-0.4, -0.2) is 6.54 Å². The molecule has 2 N–H and O–H groups in total. The lowest BCUT2D eigenvalue weighted by molar-refractivity contribution is -0.696. The number of hydrogen-bond donors (Lipinski definition) is 2. The monoisotopic (exact) mass is 155 g/mol. The van der Waals surface area contributed by atoms with Crippen LogP contribution in [0.3, 0.4) is 0 Å². The maximum Gasteiger partial charge on any atom is 0.182 e. The molecule has 10 heavy (non-hydrogen) atoms. The summed E-state index contributed by atoms with van der Waals surface area (Å²) in [6.45, 7) is 1.52. The highest BCUT2D eigenvalue weighted by atomic mass is 32.1. The van der Waals surface area contributed by atoms with Crippen LogP contribution in [0.25, 0.3) is 0 Å². The molecule has 2 nitrogen and oxygen atoms in total. The highest BCUT2D eigenvalue weighted by Gasteiger charge is 1.96. The fraction of sp³-hybridized carbons (Fsp3) is 0.286. The molecule has 1 heterocycles. The van der Waals surface area contributed by atoms with Crippen LogP contribution in [0, 0.1) is 0 Å². The summed E-state index contributed by atoms with van der Waals surface area (Å²) in [6.07, 6.45) is 3.93. The Morgan fingerprint density at radius 1 is 1.60 bits per heavy atom. The van der Waals surface area contributed by atoms with Gasteiger partial charge < -0.3 is 5.73 Å². The van der Waals surface area contributed by atoms with Gasteiger partial charge in [0.2, 0.25) is 0 Å². The van der Waals surface area contributed by atoms with Gasteiger partial charge in [0.25, 0.3) is 0 Å². The van der Waals surface area contributed by atoms with Crippen molar-refractivity contribution in [2.75, 3.05) is 6.54 Å². The van der Waals surface area contributed by atoms with E-state index in [-0.39, 0.29) is 0 Å². The molecule has 0 aromatic carbocycles. The van der Waals surface area contributed by atoms with Crippen molar-refractivity contribution >= 4 is 12.6 Å². The van der Waals surface area contributed by atoms with Crippen molar-refractivity contribution in [2.45, 2.75) is 11.4 Å². The van der Waals surface area contributed by atoms with E-state index < -0.39 is 0 Å². The van der Waals surface area contributed by atoms with Crippen molar-refractivity contribution in [2.24, 2.45) is 5.73 Å². The summed E-state index contributed by atoms with van der Waals surface area (Å²) in [5.74, 6) is 0. The second kappa shape index (κ2) is 3.58. The van der Waals surface area contributed by atoms with E-state index in [0.29, 0.717) is 6.54 Å². The average molecular weight is 155 g/mol. The summed E-state index contributed by atoms with van der Waals surface area (Å²) < 4.78 is 2.02. The minimum absolute atomic E-state index is 0.669. The van der Waals surface area contributed by atoms with Gasteiger partial charge in [-0.05, 0) is 6.07 Å². The topological polar surface area (TPSA) is 29.9 Å². The van der Waals surface area contributed by atoms with Gasteiger partial charge in [-0.1, -0.05) is 0 Å². The molecule has 0 aliphatic heterocycles. The largest absolute Gasteiger partial charge is 0.325 e. The van der Waals surface area contributed by atoms with E-state index in [1.54, 1.807) is 0 Å². The fourth-order valence-corrected chi connectivity index (χ4v) is 1.03. The van der Waals surface area contributed by atoms with Crippen LogP contribution in [0.2, 0.25) is 0 Å². The molecule has 0 bridgehead atoms. The molecule has 1 aromatic rings. The van der Waals surface area contributed by atoms with Gasteiger partial charge >= 0.3 is 0 Å². The van der Waals surface area contributed by atoms with E-state index in [4.69, 9.17) is 5.73 Å². The predicted molar refractivity (Wildman–Crippen MR) is 42.9 cm³/mol. The van der Waals surface area contributed by atoms with Crippen molar-refractivity contribution in [1.82, 2.24) is 0 Å². The van der Waals surface area contributed by atoms with E-state index >= 15 is 0 Å². The normalized spacial score (nSPS) is 9.80. The van der Waals surface area contributed by atoms with Crippen molar-refractivity contribution < 1.29 is 4.57 Å². The molecule has 0 amide bonds. The van der Waals surface area contributed by atoms with Gasteiger partial charge in [0.05, 0.1) is 11.4 Å². The van der Waals surface area contributed by atoms with Crippen LogP contribution in [0.1, 0.15) is 0 Å². The molecule has 0 atom stereocenters. The number of aromatic nitrogens is 1. The molecule has 0 radical (unpaired) electrons. The smallest absolute Gasteiger partial charge is 0.182 e. The first-order valence-corrected chi connectivity index (χ1v) is 3.66. The van der Waals surface area contributed by atoms with Crippen molar-refractivity contribution in [3.63, 3.8) is 0 Å². The zero-order valence-electron chi connectivity index (χ0n) is 5.70. The maximum absolute atomic E-state index is 5.36. The molecule has 0 aliphatic carbocycles. The predicted octanol–water partition coefficient (Wildman–Crippen LogP) is 0.222. The van der Waals surface area contributed by atoms with Crippen LogP contribution >= 0.6 is 12.6 Å². The Morgan fingerprint density at radius 3 is 3.00 bits per heavy atom. The van der Waals surface area contributed by atoms with E-state index in [2.05, 4.69) is 12.6 Å². The number of thiol groups is 1. The van der Waals surface area contributed by atoms with Crippen LogP contribution in [0.5, 0.6) is 0 Å². The van der Waals surface area contributed by atoms with Gasteiger partial charge in [-0.25, -0.2) is 4.57 Å². The van der Waals surface area contributed by atoms with Crippen LogP contribution in [0.4, 0.5) is 0 Å². The summed E-state index contributed by atoms with van der Waals surface area (Å²) >= 11 is 4.19. The zero-order valence-corrected chi connectivity index (χ0v) is 6.59. The Hall–Kier alpha value is -0.540. The second-order valence-corrected chi connectivity index (χ2v) is 2.61. The summed E-state index contributed by atoms with van der Waals surface area (Å²) in [4.78, 5) is 0.968. The first-order chi connectivity index (χ1) is 4.83. The first-order valence-electron chi connectivity index (χ1n) is 3.21. The van der Waals surface area contributed by atoms with E-state index in [1.807, 2.05) is 29.1 Å². The van der Waals surface area contributed by atoms with Crippen molar-refractivity contribution in [3.8, 4) is 0 Å². The van der Waals surface area contributed by atoms with Gasteiger partial charge in [0, 0.05) is 6.07 Å². The molecule has 0 saturated carbocycles. The van der Waals surface area contributed by atoms with Crippen LogP contribution in [0.15, 0.2) is 29.4 Å². The third-order valence-electron chi connectivity index (χ3n) is 1.23. The molecule has 0 fully saturated rings. The summed E-state index contributed by atoms with van der Waals surface area (Å²) in [5.41, 5.74) is 5.36. The highest BCUT2D eigenvalue weighted by Crippen LogP contribution is 1.97. The average Bonchev–Trinajstić information content (AvgIpc) is 1.88. The Bertz CT molecular complexity index is 213. The minimum Gasteiger partial charge on any atom is -0.325 e. The third-order valence-corrected chi connectivity index (χ3v) is 1.49. The Balaban J connectivity index is 2.75. The summed E-state index contributed by atoms with van der Waals surface area (Å²) in [7, 11) is 0. The lowest BCUT2D eigenvalue weighted by Crippen LogP contribution is -2.36. The quantitative estimate of drug-likeness (QED) is 0.464. The molecule has 0 spiro atoms. The molecule has 0 unspecified atom stereocenters. The number of nitrogens with zero attached hydrogens (tertiary/aromatic N) is 1. The van der Waals surface area contributed by atoms with E-state index in [1.165, 1.54) is 0 Å². The number of hydrogen-bond acceptors (Lipinski definition) is 2. The Labute approximate surface area is 66.1 Å². The molecule has 3 heteroatoms. The van der Waals surface area contributed by atoms with Crippen molar-refractivity contribution in [3.05, 3.63) is 24.5 Å². The number of nitrogens with two attached hydrogens (primary N) is 1. The van der Waals surface area contributed by atoms with Gasteiger partial charge in [-0.2, -0.15) is 0 Å². The standard InChI is InChI=1S/C7H10N2S/c8-3-5-9-4-1-2-7(10)6-9/h1-2,4,6H,3,5,8H2/p+1. The SMILES string of the molecule is NCC[n+]1cccc(S)c1. The van der Waals surface area contributed by atoms with Gasteiger partial charge in [-0.3, -0.25) is 0 Å². The lowest BCUT2D eigenvalue weighted by atomic mass is 10.5. The van der Waals surface area contributed by atoms with Crippen molar-refractivity contribution in [1.29, 1.82) is 0 Å². The highest BCUT2D eigenvalue weighted by molar-refractivity contribution is 7.80.